The maximum atomic E-state index is 13.1. The molecule has 2 atom stereocenters. The van der Waals surface area contributed by atoms with Gasteiger partial charge >= 0.3 is 13.2 Å². The van der Waals surface area contributed by atoms with Crippen LogP contribution in [0, 0.1) is 5.21 Å². The van der Waals surface area contributed by atoms with Crippen molar-refractivity contribution >= 4 is 11.6 Å². The van der Waals surface area contributed by atoms with Crippen LogP contribution in [0.1, 0.15) is 40.8 Å². The Morgan fingerprint density at radius 1 is 0.897 bits per heavy atom. The van der Waals surface area contributed by atoms with Crippen molar-refractivity contribution in [2.75, 3.05) is 0 Å². The lowest BCUT2D eigenvalue weighted by Crippen LogP contribution is -2.24. The van der Waals surface area contributed by atoms with E-state index in [1.165, 1.54) is 30.7 Å². The molecule has 0 fully saturated rings. The Labute approximate surface area is 226 Å². The number of nitrogens with zero attached hydrogens (tertiary/aromatic N) is 2. The van der Waals surface area contributed by atoms with E-state index in [4.69, 9.17) is 11.6 Å². The van der Waals surface area contributed by atoms with E-state index in [9.17, 15) is 27.9 Å². The molecule has 204 valence electrons. The monoisotopic (exact) mass is 562 g/mol. The van der Waals surface area contributed by atoms with Crippen LogP contribution in [0.4, 0.5) is 17.6 Å². The molecule has 2 aromatic carbocycles. The predicted molar refractivity (Wildman–Crippen MR) is 135 cm³/mol. The quantitative estimate of drug-likeness (QED) is 0.141. The molecule has 39 heavy (non-hydrogen) atoms. The minimum Gasteiger partial charge on any atom is -0.619 e. The molecular formula is C28H23ClF4N2O4. The van der Waals surface area contributed by atoms with Gasteiger partial charge in [-0.2, -0.15) is 22.3 Å². The SMILES string of the molecule is CC(O)(c1ccc(Cl)cc1)c1ccc(C(Cc2cc[n+]([O-])cc2)c2ccc(OC(F)F)c(OC(F)F)c2)cn1. The lowest BCUT2D eigenvalue weighted by atomic mass is 9.85. The molecule has 0 radical (unpaired) electrons. The molecule has 0 aliphatic rings. The largest absolute Gasteiger partial charge is 0.619 e. The third-order valence-electron chi connectivity index (χ3n) is 6.21. The fourth-order valence-corrected chi connectivity index (χ4v) is 4.31. The second-order valence-electron chi connectivity index (χ2n) is 8.84. The molecule has 0 saturated carbocycles. The van der Waals surface area contributed by atoms with E-state index in [1.807, 2.05) is 0 Å². The average molecular weight is 563 g/mol. The lowest BCUT2D eigenvalue weighted by molar-refractivity contribution is -0.605. The predicted octanol–water partition coefficient (Wildman–Crippen LogP) is 6.20. The Morgan fingerprint density at radius 3 is 2.10 bits per heavy atom. The van der Waals surface area contributed by atoms with Crippen LogP contribution in [0.15, 0.2) is 85.3 Å². The number of pyridine rings is 2. The minimum absolute atomic E-state index is 0.304. The highest BCUT2D eigenvalue weighted by Crippen LogP contribution is 2.37. The van der Waals surface area contributed by atoms with Crippen LogP contribution in [0.25, 0.3) is 0 Å². The van der Waals surface area contributed by atoms with Gasteiger partial charge in [0.2, 0.25) is 0 Å². The van der Waals surface area contributed by atoms with Crippen LogP contribution in [0.3, 0.4) is 0 Å². The van der Waals surface area contributed by atoms with E-state index >= 15 is 0 Å². The standard InChI is InChI=1S/C28H23ClF4N2O4/c1-28(36,20-4-6-21(29)7-5-20)25-9-3-19(16-34-25)22(14-17-10-12-35(37)13-11-17)18-2-8-23(38-26(30)31)24(15-18)39-27(32)33/h2-13,15-16,22,26-27,36H,14H2,1H3. The average Bonchev–Trinajstić information content (AvgIpc) is 2.89. The van der Waals surface area contributed by atoms with Gasteiger partial charge in [0.05, 0.1) is 5.69 Å². The van der Waals surface area contributed by atoms with Gasteiger partial charge in [0.25, 0.3) is 0 Å². The molecule has 2 heterocycles. The maximum absolute atomic E-state index is 13.1. The zero-order valence-corrected chi connectivity index (χ0v) is 21.2. The van der Waals surface area contributed by atoms with E-state index < -0.39 is 36.2 Å². The van der Waals surface area contributed by atoms with E-state index in [0.29, 0.717) is 38.6 Å². The third-order valence-corrected chi connectivity index (χ3v) is 6.46. The number of alkyl halides is 4. The molecule has 11 heteroatoms. The summed E-state index contributed by atoms with van der Waals surface area (Å²) in [6, 6.07) is 17.1. The number of ether oxygens (including phenoxy) is 2. The summed E-state index contributed by atoms with van der Waals surface area (Å²) in [6.45, 7) is -4.91. The summed E-state index contributed by atoms with van der Waals surface area (Å²) < 4.78 is 61.2. The van der Waals surface area contributed by atoms with Crippen molar-refractivity contribution in [2.45, 2.75) is 38.1 Å². The molecular weight excluding hydrogens is 540 g/mol. The van der Waals surface area contributed by atoms with Gasteiger partial charge in [-0.05, 0) is 65.9 Å². The molecule has 0 bridgehead atoms. The minimum atomic E-state index is -3.27. The molecule has 0 aliphatic heterocycles. The van der Waals surface area contributed by atoms with Gasteiger partial charge in [-0.15, -0.1) is 0 Å². The van der Waals surface area contributed by atoms with Gasteiger partial charge in [0.15, 0.2) is 23.9 Å². The molecule has 0 aliphatic carbocycles. The summed E-state index contributed by atoms with van der Waals surface area (Å²) in [4.78, 5) is 4.47. The van der Waals surface area contributed by atoms with Crippen LogP contribution in [0.2, 0.25) is 5.02 Å². The molecule has 0 spiro atoms. The molecule has 2 aromatic heterocycles. The number of benzene rings is 2. The van der Waals surface area contributed by atoms with Gasteiger partial charge in [0, 0.05) is 29.3 Å². The molecule has 4 aromatic rings. The van der Waals surface area contributed by atoms with Crippen molar-refractivity contribution < 1.29 is 36.9 Å². The fraction of sp³-hybridized carbons (Fsp3) is 0.214. The van der Waals surface area contributed by atoms with Crippen molar-refractivity contribution in [3.63, 3.8) is 0 Å². The molecule has 1 N–H and O–H groups in total. The van der Waals surface area contributed by atoms with Crippen LogP contribution in [-0.4, -0.2) is 23.3 Å². The summed E-state index contributed by atoms with van der Waals surface area (Å²) in [5.41, 5.74) is 1.31. The highest BCUT2D eigenvalue weighted by atomic mass is 35.5. The lowest BCUT2D eigenvalue weighted by Gasteiger charge is -2.25. The van der Waals surface area contributed by atoms with Gasteiger partial charge in [-0.25, -0.2) is 0 Å². The Hall–Kier alpha value is -3.89. The van der Waals surface area contributed by atoms with Crippen LogP contribution in [0.5, 0.6) is 11.5 Å². The topological polar surface area (TPSA) is 78.5 Å². The smallest absolute Gasteiger partial charge is 0.387 e. The second-order valence-corrected chi connectivity index (χ2v) is 9.28. The summed E-state index contributed by atoms with van der Waals surface area (Å²) >= 11 is 5.96. The highest BCUT2D eigenvalue weighted by Gasteiger charge is 2.28. The number of hydrogen-bond donors (Lipinski definition) is 1. The van der Waals surface area contributed by atoms with Crippen molar-refractivity contribution in [1.82, 2.24) is 4.98 Å². The first-order chi connectivity index (χ1) is 18.5. The van der Waals surface area contributed by atoms with Crippen LogP contribution < -0.4 is 14.2 Å². The number of aliphatic hydroxyl groups is 1. The van der Waals surface area contributed by atoms with Gasteiger partial charge in [0.1, 0.15) is 5.60 Å². The maximum Gasteiger partial charge on any atom is 0.387 e. The number of hydrogen-bond acceptors (Lipinski definition) is 5. The highest BCUT2D eigenvalue weighted by molar-refractivity contribution is 6.30. The van der Waals surface area contributed by atoms with Gasteiger partial charge < -0.3 is 19.8 Å². The Balaban J connectivity index is 1.73. The zero-order valence-electron chi connectivity index (χ0n) is 20.5. The second kappa shape index (κ2) is 11.9. The van der Waals surface area contributed by atoms with Crippen molar-refractivity contribution in [1.29, 1.82) is 0 Å². The van der Waals surface area contributed by atoms with E-state index in [-0.39, 0.29) is 0 Å². The number of aromatic nitrogens is 2. The van der Waals surface area contributed by atoms with E-state index in [1.54, 1.807) is 55.5 Å². The van der Waals surface area contributed by atoms with E-state index in [0.717, 1.165) is 11.6 Å². The Morgan fingerprint density at radius 2 is 1.51 bits per heavy atom. The van der Waals surface area contributed by atoms with Crippen molar-refractivity contribution in [2.24, 2.45) is 0 Å². The van der Waals surface area contributed by atoms with Gasteiger partial charge in [-0.1, -0.05) is 35.9 Å². The fourth-order valence-electron chi connectivity index (χ4n) is 4.19. The summed E-state index contributed by atoms with van der Waals surface area (Å²) in [6.07, 6.45) is 4.49. The summed E-state index contributed by atoms with van der Waals surface area (Å²) in [5, 5.41) is 23.2. The first-order valence-electron chi connectivity index (χ1n) is 11.7. The molecule has 0 saturated heterocycles. The first-order valence-corrected chi connectivity index (χ1v) is 12.1. The first kappa shape index (κ1) is 28.1. The third kappa shape index (κ3) is 6.96. The molecule has 6 nitrogen and oxygen atoms in total. The Bertz CT molecular complexity index is 1390. The van der Waals surface area contributed by atoms with Gasteiger partial charge in [-0.3, -0.25) is 4.98 Å². The normalized spacial score (nSPS) is 13.8. The summed E-state index contributed by atoms with van der Waals surface area (Å²) in [7, 11) is 0. The number of halogens is 5. The molecule has 0 amide bonds. The Kier molecular flexibility index (Phi) is 8.57. The molecule has 2 unspecified atom stereocenters. The van der Waals surface area contributed by atoms with E-state index in [2.05, 4.69) is 14.5 Å². The summed E-state index contributed by atoms with van der Waals surface area (Å²) in [5.74, 6) is -1.60. The van der Waals surface area contributed by atoms with Crippen LogP contribution in [-0.2, 0) is 12.0 Å². The van der Waals surface area contributed by atoms with Crippen molar-refractivity contribution in [3.8, 4) is 11.5 Å². The zero-order chi connectivity index (χ0) is 28.2. The van der Waals surface area contributed by atoms with Crippen LogP contribution >= 0.6 is 11.6 Å². The molecule has 4 rings (SSSR count). The number of rotatable bonds is 10. The van der Waals surface area contributed by atoms with Crippen molar-refractivity contribution in [3.05, 3.63) is 123 Å².